The number of hydrogen-bond donors (Lipinski definition) is 2. The van der Waals surface area contributed by atoms with E-state index in [2.05, 4.69) is 22.8 Å². The number of urea groups is 1. The number of allylic oxidation sites excluding steroid dienone is 2. The maximum absolute atomic E-state index is 13.5. The second kappa shape index (κ2) is 8.50. The summed E-state index contributed by atoms with van der Waals surface area (Å²) in [4.78, 5) is 41.3. The third-order valence-electron chi connectivity index (χ3n) is 7.30. The Kier molecular flexibility index (Phi) is 5.52. The number of carbonyl (C=O) groups excluding carboxylic acids is 3. The van der Waals surface area contributed by atoms with Crippen LogP contribution in [0.5, 0.6) is 0 Å². The van der Waals surface area contributed by atoms with E-state index in [0.717, 1.165) is 29.5 Å². The van der Waals surface area contributed by atoms with Gasteiger partial charge in [0.1, 0.15) is 6.17 Å². The molecule has 2 aromatic rings. The first-order valence-electron chi connectivity index (χ1n) is 11.7. The third-order valence-corrected chi connectivity index (χ3v) is 7.30. The zero-order chi connectivity index (χ0) is 23.1. The number of fused-ring (bicyclic) bond motifs is 1. The smallest absolute Gasteiger partial charge is 0.317 e. The minimum Gasteiger partial charge on any atom is -0.317 e. The number of carbonyl (C=O) groups is 3. The van der Waals surface area contributed by atoms with E-state index in [4.69, 9.17) is 0 Å². The SMILES string of the molecule is Cc1ccc(NC(=O)N[C@H](Cc2ccccc2)N2C(=O)[C@@H]3[C@H](C2=O)[C@H]2C=C[C@H]3CC2)c(C)c1. The van der Waals surface area contributed by atoms with E-state index in [1.54, 1.807) is 0 Å². The van der Waals surface area contributed by atoms with Crippen LogP contribution in [0.3, 0.4) is 0 Å². The second-order valence-corrected chi connectivity index (χ2v) is 9.51. The van der Waals surface area contributed by atoms with E-state index in [1.165, 1.54) is 4.90 Å². The fourth-order valence-electron chi connectivity index (χ4n) is 5.71. The van der Waals surface area contributed by atoms with Crippen LogP contribution in [0.25, 0.3) is 0 Å². The van der Waals surface area contributed by atoms with Crippen molar-refractivity contribution in [2.45, 2.75) is 39.3 Å². The molecule has 4 aliphatic rings. The second-order valence-electron chi connectivity index (χ2n) is 9.51. The van der Waals surface area contributed by atoms with Crippen molar-refractivity contribution < 1.29 is 14.4 Å². The van der Waals surface area contributed by atoms with Gasteiger partial charge < -0.3 is 10.6 Å². The van der Waals surface area contributed by atoms with Crippen LogP contribution in [0.2, 0.25) is 0 Å². The molecule has 0 unspecified atom stereocenters. The van der Waals surface area contributed by atoms with Gasteiger partial charge in [-0.05, 0) is 55.7 Å². The first-order chi connectivity index (χ1) is 15.9. The Morgan fingerprint density at radius 3 is 2.18 bits per heavy atom. The highest BCUT2D eigenvalue weighted by atomic mass is 16.2. The molecule has 2 bridgehead atoms. The number of nitrogens with one attached hydrogen (secondary N) is 2. The summed E-state index contributed by atoms with van der Waals surface area (Å²) in [6.45, 7) is 3.93. The van der Waals surface area contributed by atoms with Crippen molar-refractivity contribution in [2.75, 3.05) is 5.32 Å². The highest BCUT2D eigenvalue weighted by Gasteiger charge is 2.58. The lowest BCUT2D eigenvalue weighted by Crippen LogP contribution is -2.53. The molecule has 6 rings (SSSR count). The Hall–Kier alpha value is -3.41. The van der Waals surface area contributed by atoms with Crippen LogP contribution in [-0.4, -0.2) is 28.9 Å². The highest BCUT2D eigenvalue weighted by Crippen LogP contribution is 2.50. The zero-order valence-electron chi connectivity index (χ0n) is 19.0. The van der Waals surface area contributed by atoms with Crippen molar-refractivity contribution >= 4 is 23.5 Å². The molecule has 4 amide bonds. The van der Waals surface area contributed by atoms with E-state index >= 15 is 0 Å². The standard InChI is InChI=1S/C27H29N3O3/c1-16-8-13-21(17(2)14-16)28-27(33)29-22(15-18-6-4-3-5-7-18)30-25(31)23-19-9-10-20(12-11-19)24(23)26(30)32/h3-10,13-14,19-20,22-24H,11-12,15H2,1-2H3,(H2,28,29,33)/t19-,20-,22-,23-,24+/m0/s1. The molecule has 6 heteroatoms. The average molecular weight is 444 g/mol. The number of nitrogens with zero attached hydrogens (tertiary/aromatic N) is 1. The number of imide groups is 1. The van der Waals surface area contributed by atoms with Gasteiger partial charge in [-0.15, -0.1) is 0 Å². The van der Waals surface area contributed by atoms with Gasteiger partial charge in [0.15, 0.2) is 0 Å². The minimum absolute atomic E-state index is 0.114. The minimum atomic E-state index is -0.747. The van der Waals surface area contributed by atoms with Gasteiger partial charge in [0.2, 0.25) is 11.8 Å². The van der Waals surface area contributed by atoms with Crippen molar-refractivity contribution in [3.8, 4) is 0 Å². The van der Waals surface area contributed by atoms with Gasteiger partial charge in [0, 0.05) is 12.1 Å². The summed E-state index contributed by atoms with van der Waals surface area (Å²) in [5.41, 5.74) is 3.71. The van der Waals surface area contributed by atoms with Crippen LogP contribution in [0.15, 0.2) is 60.7 Å². The summed E-state index contributed by atoms with van der Waals surface area (Å²) in [5, 5.41) is 5.82. The Morgan fingerprint density at radius 1 is 0.970 bits per heavy atom. The summed E-state index contributed by atoms with van der Waals surface area (Å²) in [6, 6.07) is 15.0. The molecule has 1 saturated carbocycles. The topological polar surface area (TPSA) is 78.5 Å². The van der Waals surface area contributed by atoms with E-state index in [-0.39, 0.29) is 35.5 Å². The number of anilines is 1. The molecule has 1 aliphatic heterocycles. The predicted molar refractivity (Wildman–Crippen MR) is 126 cm³/mol. The van der Waals surface area contributed by atoms with Crippen molar-refractivity contribution in [3.63, 3.8) is 0 Å². The average Bonchev–Trinajstić information content (AvgIpc) is 3.09. The number of aryl methyl sites for hydroxylation is 2. The molecule has 1 saturated heterocycles. The van der Waals surface area contributed by atoms with Crippen LogP contribution >= 0.6 is 0 Å². The molecule has 5 atom stereocenters. The molecule has 2 fully saturated rings. The Balaban J connectivity index is 1.41. The molecule has 33 heavy (non-hydrogen) atoms. The molecule has 0 spiro atoms. The number of likely N-dealkylation sites (tertiary alicyclic amines) is 1. The normalized spacial score (nSPS) is 26.3. The fraction of sp³-hybridized carbons (Fsp3) is 0.370. The van der Waals surface area contributed by atoms with E-state index in [1.807, 2.05) is 62.4 Å². The summed E-state index contributed by atoms with van der Waals surface area (Å²) >= 11 is 0. The quantitative estimate of drug-likeness (QED) is 0.537. The van der Waals surface area contributed by atoms with Gasteiger partial charge in [0.05, 0.1) is 11.8 Å². The van der Waals surface area contributed by atoms with Crippen molar-refractivity contribution in [2.24, 2.45) is 23.7 Å². The molecule has 3 aliphatic carbocycles. The Labute approximate surface area is 194 Å². The molecule has 2 aromatic carbocycles. The lowest BCUT2D eigenvalue weighted by molar-refractivity contribution is -0.143. The maximum atomic E-state index is 13.5. The summed E-state index contributed by atoms with van der Waals surface area (Å²) in [5.74, 6) is -0.688. The molecule has 0 radical (unpaired) electrons. The number of hydrogen-bond acceptors (Lipinski definition) is 3. The number of amides is 4. The van der Waals surface area contributed by atoms with E-state index in [0.29, 0.717) is 12.1 Å². The molecular weight excluding hydrogens is 414 g/mol. The Morgan fingerprint density at radius 2 is 1.61 bits per heavy atom. The summed E-state index contributed by atoms with van der Waals surface area (Å²) in [6.07, 6.45) is 5.72. The van der Waals surface area contributed by atoms with E-state index in [9.17, 15) is 14.4 Å². The van der Waals surface area contributed by atoms with Crippen LogP contribution in [0.1, 0.15) is 29.5 Å². The van der Waals surface area contributed by atoms with Crippen LogP contribution < -0.4 is 10.6 Å². The lowest BCUT2D eigenvalue weighted by atomic mass is 9.63. The Bertz CT molecular complexity index is 1090. The molecular formula is C27H29N3O3. The predicted octanol–water partition coefficient (Wildman–Crippen LogP) is 4.19. The fourth-order valence-corrected chi connectivity index (χ4v) is 5.71. The van der Waals surface area contributed by atoms with Crippen molar-refractivity contribution in [1.82, 2.24) is 10.2 Å². The molecule has 2 N–H and O–H groups in total. The third kappa shape index (κ3) is 3.94. The van der Waals surface area contributed by atoms with Crippen molar-refractivity contribution in [3.05, 3.63) is 77.4 Å². The monoisotopic (exact) mass is 443 g/mol. The van der Waals surface area contributed by atoms with Gasteiger partial charge in [-0.2, -0.15) is 0 Å². The molecule has 170 valence electrons. The molecule has 1 heterocycles. The summed E-state index contributed by atoms with van der Waals surface area (Å²) in [7, 11) is 0. The highest BCUT2D eigenvalue weighted by molar-refractivity contribution is 6.06. The van der Waals surface area contributed by atoms with Gasteiger partial charge in [0.25, 0.3) is 0 Å². The lowest BCUT2D eigenvalue weighted by Gasteiger charge is -2.38. The van der Waals surface area contributed by atoms with Gasteiger partial charge in [-0.1, -0.05) is 60.2 Å². The largest absolute Gasteiger partial charge is 0.320 e. The maximum Gasteiger partial charge on any atom is 0.320 e. The van der Waals surface area contributed by atoms with Crippen LogP contribution in [0, 0.1) is 37.5 Å². The molecule has 6 nitrogen and oxygen atoms in total. The number of rotatable bonds is 5. The zero-order valence-corrected chi connectivity index (χ0v) is 19.0. The van der Waals surface area contributed by atoms with Gasteiger partial charge >= 0.3 is 6.03 Å². The first kappa shape index (κ1) is 21.4. The first-order valence-corrected chi connectivity index (χ1v) is 11.7. The number of benzene rings is 2. The summed E-state index contributed by atoms with van der Waals surface area (Å²) < 4.78 is 0. The molecule has 0 aromatic heterocycles. The van der Waals surface area contributed by atoms with Crippen LogP contribution in [0.4, 0.5) is 10.5 Å². The van der Waals surface area contributed by atoms with Gasteiger partial charge in [-0.25, -0.2) is 4.79 Å². The van der Waals surface area contributed by atoms with E-state index < -0.39 is 12.2 Å². The van der Waals surface area contributed by atoms with Crippen molar-refractivity contribution in [1.29, 1.82) is 0 Å². The van der Waals surface area contributed by atoms with Crippen LogP contribution in [-0.2, 0) is 16.0 Å². The van der Waals surface area contributed by atoms with Gasteiger partial charge in [-0.3, -0.25) is 14.5 Å².